The third-order valence-corrected chi connectivity index (χ3v) is 3.13. The Hall–Kier alpha value is -2.02. The Balaban J connectivity index is 2.12. The van der Waals surface area contributed by atoms with Gasteiger partial charge in [-0.3, -0.25) is 4.79 Å². The van der Waals surface area contributed by atoms with E-state index in [1.165, 1.54) is 4.52 Å². The second kappa shape index (κ2) is 4.02. The Bertz CT molecular complexity index is 672. The first-order valence-electron chi connectivity index (χ1n) is 5.85. The second-order valence-corrected chi connectivity index (χ2v) is 4.43. The zero-order valence-corrected chi connectivity index (χ0v) is 9.93. The van der Waals surface area contributed by atoms with Crippen LogP contribution in [0.25, 0.3) is 5.65 Å². The summed E-state index contributed by atoms with van der Waals surface area (Å²) in [6.07, 6.45) is 0.490. The van der Waals surface area contributed by atoms with Gasteiger partial charge in [0.2, 0.25) is 0 Å². The van der Waals surface area contributed by atoms with E-state index in [4.69, 9.17) is 0 Å². The van der Waals surface area contributed by atoms with Crippen LogP contribution in [0.4, 0.5) is 0 Å². The summed E-state index contributed by atoms with van der Waals surface area (Å²) in [5, 5.41) is 7.13. The number of nitrogens with one attached hydrogen (secondary N) is 2. The predicted molar refractivity (Wildman–Crippen MR) is 63.6 cm³/mol. The number of aromatic amines is 1. The van der Waals surface area contributed by atoms with Crippen LogP contribution >= 0.6 is 0 Å². The summed E-state index contributed by atoms with van der Waals surface area (Å²) in [6, 6.07) is 1.72. The molecule has 1 aliphatic heterocycles. The van der Waals surface area contributed by atoms with Crippen molar-refractivity contribution in [1.29, 1.82) is 0 Å². The Morgan fingerprint density at radius 3 is 3.06 bits per heavy atom. The molecule has 3 rings (SSSR count). The molecule has 0 spiro atoms. The van der Waals surface area contributed by atoms with Gasteiger partial charge in [0.15, 0.2) is 5.65 Å². The van der Waals surface area contributed by atoms with Crippen LogP contribution in [0.2, 0.25) is 0 Å². The molecule has 1 aliphatic rings. The third kappa shape index (κ3) is 1.72. The molecule has 2 aromatic rings. The lowest BCUT2D eigenvalue weighted by Gasteiger charge is -2.21. The van der Waals surface area contributed by atoms with E-state index < -0.39 is 0 Å². The highest BCUT2D eigenvalue weighted by molar-refractivity contribution is 5.86. The molecule has 1 fully saturated rings. The van der Waals surface area contributed by atoms with Crippen molar-refractivity contribution in [1.82, 2.24) is 24.9 Å². The number of carbonyl (C=O) groups excluding carboxylic acids is 1. The van der Waals surface area contributed by atoms with Crippen molar-refractivity contribution < 1.29 is 4.79 Å². The van der Waals surface area contributed by atoms with Gasteiger partial charge >= 0.3 is 5.69 Å². The number of H-pyrrole nitrogens is 1. The predicted octanol–water partition coefficient (Wildman–Crippen LogP) is -0.628. The van der Waals surface area contributed by atoms with Crippen molar-refractivity contribution in [3.8, 4) is 0 Å². The largest absolute Gasteiger partial charge is 0.348 e. The summed E-state index contributed by atoms with van der Waals surface area (Å²) in [7, 11) is 0. The van der Waals surface area contributed by atoms with Crippen molar-refractivity contribution in [3.63, 3.8) is 0 Å². The number of hydrogen-bond acceptors (Lipinski definition) is 5. The van der Waals surface area contributed by atoms with Gasteiger partial charge in [0, 0.05) is 31.3 Å². The van der Waals surface area contributed by atoms with Crippen LogP contribution in [0.15, 0.2) is 10.9 Å². The van der Waals surface area contributed by atoms with Crippen molar-refractivity contribution >= 4 is 11.4 Å². The third-order valence-electron chi connectivity index (χ3n) is 3.13. The minimum absolute atomic E-state index is 0.144. The molecule has 0 bridgehead atoms. The minimum atomic E-state index is -0.360. The summed E-state index contributed by atoms with van der Waals surface area (Å²) < 4.78 is 1.21. The van der Waals surface area contributed by atoms with Gasteiger partial charge in [0.1, 0.15) is 11.6 Å². The van der Waals surface area contributed by atoms with E-state index in [0.717, 1.165) is 0 Å². The zero-order valence-electron chi connectivity index (χ0n) is 9.93. The van der Waals surface area contributed by atoms with Gasteiger partial charge in [-0.05, 0) is 6.92 Å². The van der Waals surface area contributed by atoms with Gasteiger partial charge in [-0.2, -0.15) is 4.52 Å². The zero-order chi connectivity index (χ0) is 12.7. The first-order chi connectivity index (χ1) is 8.65. The first kappa shape index (κ1) is 11.1. The van der Waals surface area contributed by atoms with Crippen LogP contribution in [-0.4, -0.2) is 38.5 Å². The number of piperidine rings is 1. The molecule has 3 heterocycles. The Labute approximate surface area is 102 Å². The van der Waals surface area contributed by atoms with Crippen molar-refractivity contribution in [2.24, 2.45) is 0 Å². The van der Waals surface area contributed by atoms with Crippen molar-refractivity contribution in [2.75, 3.05) is 13.1 Å². The van der Waals surface area contributed by atoms with E-state index in [0.29, 0.717) is 36.7 Å². The summed E-state index contributed by atoms with van der Waals surface area (Å²) in [5.74, 6) is 0.379. The number of Topliss-reactive ketones (excluding diaryl/α,β-unsaturated/α-hetero) is 1. The number of hydrogen-bond donors (Lipinski definition) is 2. The van der Waals surface area contributed by atoms with Gasteiger partial charge < -0.3 is 10.3 Å². The van der Waals surface area contributed by atoms with E-state index in [2.05, 4.69) is 20.4 Å². The smallest absolute Gasteiger partial charge is 0.315 e. The number of rotatable bonds is 1. The van der Waals surface area contributed by atoms with Crippen molar-refractivity contribution in [3.05, 3.63) is 28.1 Å². The summed E-state index contributed by atoms with van der Waals surface area (Å²) in [4.78, 5) is 30.5. The molecular weight excluding hydrogens is 234 g/mol. The second-order valence-electron chi connectivity index (χ2n) is 4.43. The molecule has 1 unspecified atom stereocenters. The highest BCUT2D eigenvalue weighted by Gasteiger charge is 2.25. The molecule has 2 aromatic heterocycles. The quantitative estimate of drug-likeness (QED) is 0.700. The summed E-state index contributed by atoms with van der Waals surface area (Å²) in [5.41, 5.74) is 0.725. The highest BCUT2D eigenvalue weighted by atomic mass is 16.1. The van der Waals surface area contributed by atoms with E-state index in [1.54, 1.807) is 13.0 Å². The Morgan fingerprint density at radius 2 is 2.28 bits per heavy atom. The number of carbonyl (C=O) groups is 1. The lowest BCUT2D eigenvalue weighted by molar-refractivity contribution is -0.121. The van der Waals surface area contributed by atoms with Gasteiger partial charge in [0.25, 0.3) is 0 Å². The van der Waals surface area contributed by atoms with Gasteiger partial charge in [-0.1, -0.05) is 0 Å². The van der Waals surface area contributed by atoms with Gasteiger partial charge in [0.05, 0.1) is 5.92 Å². The molecule has 0 aliphatic carbocycles. The SMILES string of the molecule is Cc1nc2cc(C3CNCCC3=O)[nH]c(=O)n2n1. The number of ketones is 1. The molecule has 94 valence electrons. The minimum Gasteiger partial charge on any atom is -0.315 e. The molecule has 7 nitrogen and oxygen atoms in total. The van der Waals surface area contributed by atoms with E-state index in [-0.39, 0.29) is 17.4 Å². The lowest BCUT2D eigenvalue weighted by Crippen LogP contribution is -2.36. The Morgan fingerprint density at radius 1 is 1.44 bits per heavy atom. The van der Waals surface area contributed by atoms with Gasteiger partial charge in [-0.15, -0.1) is 5.10 Å². The van der Waals surface area contributed by atoms with Gasteiger partial charge in [-0.25, -0.2) is 9.78 Å². The molecule has 1 saturated heterocycles. The monoisotopic (exact) mass is 247 g/mol. The maximum Gasteiger partial charge on any atom is 0.348 e. The molecule has 0 radical (unpaired) electrons. The maximum atomic E-state index is 11.8. The molecular formula is C11H13N5O2. The van der Waals surface area contributed by atoms with E-state index >= 15 is 0 Å². The molecule has 2 N–H and O–H groups in total. The van der Waals surface area contributed by atoms with Crippen LogP contribution in [0.1, 0.15) is 23.9 Å². The van der Waals surface area contributed by atoms with Crippen LogP contribution in [-0.2, 0) is 4.79 Å². The fourth-order valence-electron chi connectivity index (χ4n) is 2.24. The molecule has 0 saturated carbocycles. The standard InChI is InChI=1S/C11H13N5O2/c1-6-13-10-4-8(14-11(18)16(10)15-6)7-5-12-3-2-9(7)17/h4,7,12H,2-3,5H2,1H3,(H,14,18). The maximum absolute atomic E-state index is 11.8. The molecule has 18 heavy (non-hydrogen) atoms. The average Bonchev–Trinajstić information content (AvgIpc) is 2.71. The number of nitrogens with zero attached hydrogens (tertiary/aromatic N) is 3. The normalized spacial score (nSPS) is 20.5. The average molecular weight is 247 g/mol. The first-order valence-corrected chi connectivity index (χ1v) is 5.85. The number of fused-ring (bicyclic) bond motifs is 1. The Kier molecular flexibility index (Phi) is 2.48. The summed E-state index contributed by atoms with van der Waals surface area (Å²) in [6.45, 7) is 2.98. The molecule has 1 atom stereocenters. The number of aromatic nitrogens is 4. The lowest BCUT2D eigenvalue weighted by atomic mass is 9.94. The highest BCUT2D eigenvalue weighted by Crippen LogP contribution is 2.18. The molecule has 0 amide bonds. The van der Waals surface area contributed by atoms with E-state index in [1.807, 2.05) is 0 Å². The van der Waals surface area contributed by atoms with Crippen LogP contribution in [0.5, 0.6) is 0 Å². The fraction of sp³-hybridized carbons (Fsp3) is 0.455. The van der Waals surface area contributed by atoms with Crippen LogP contribution in [0, 0.1) is 6.92 Å². The fourth-order valence-corrected chi connectivity index (χ4v) is 2.24. The van der Waals surface area contributed by atoms with Crippen molar-refractivity contribution in [2.45, 2.75) is 19.3 Å². The van der Waals surface area contributed by atoms with E-state index in [9.17, 15) is 9.59 Å². The van der Waals surface area contributed by atoms with Crippen LogP contribution < -0.4 is 11.0 Å². The molecule has 0 aromatic carbocycles. The van der Waals surface area contributed by atoms with Crippen LogP contribution in [0.3, 0.4) is 0 Å². The molecule has 7 heteroatoms. The number of aryl methyl sites for hydroxylation is 1. The summed E-state index contributed by atoms with van der Waals surface area (Å²) >= 11 is 0. The topological polar surface area (TPSA) is 92.1 Å².